The first-order valence-corrected chi connectivity index (χ1v) is 9.48. The fourth-order valence-corrected chi connectivity index (χ4v) is 3.15. The monoisotopic (exact) mass is 413 g/mol. The first-order chi connectivity index (χ1) is 14.3. The maximum Gasteiger partial charge on any atom is 0.416 e. The summed E-state index contributed by atoms with van der Waals surface area (Å²) in [5.41, 5.74) is 0.740. The number of aliphatic imine (C=N–C) groups is 1. The summed E-state index contributed by atoms with van der Waals surface area (Å²) in [4.78, 5) is 8.45. The smallest absolute Gasteiger partial charge is 0.416 e. The Morgan fingerprint density at radius 3 is 2.53 bits per heavy atom. The molecule has 3 rings (SSSR count). The molecule has 1 aromatic heterocycles. The normalized spacial score (nSPS) is 13.7. The average Bonchev–Trinajstić information content (AvgIpc) is 2.74. The van der Waals surface area contributed by atoms with E-state index >= 15 is 0 Å². The zero-order chi connectivity index (χ0) is 21.7. The number of benzene rings is 2. The van der Waals surface area contributed by atoms with E-state index in [9.17, 15) is 18.3 Å². The van der Waals surface area contributed by atoms with E-state index in [2.05, 4.69) is 15.3 Å². The molecule has 0 radical (unpaired) electrons. The molecule has 156 valence electrons. The zero-order valence-corrected chi connectivity index (χ0v) is 16.6. The van der Waals surface area contributed by atoms with Crippen molar-refractivity contribution in [3.8, 4) is 5.75 Å². The predicted molar refractivity (Wildman–Crippen MR) is 113 cm³/mol. The number of halogens is 3. The highest BCUT2D eigenvalue weighted by atomic mass is 19.4. The molecule has 0 aliphatic rings. The van der Waals surface area contributed by atoms with Gasteiger partial charge in [-0.1, -0.05) is 43.3 Å². The lowest BCUT2D eigenvalue weighted by molar-refractivity contribution is -0.137. The molecule has 0 saturated heterocycles. The van der Waals surface area contributed by atoms with Crippen molar-refractivity contribution < 1.29 is 18.3 Å². The maximum atomic E-state index is 13.0. The molecule has 0 aliphatic heterocycles. The molecule has 3 aromatic rings. The van der Waals surface area contributed by atoms with Gasteiger partial charge in [0, 0.05) is 24.2 Å². The highest BCUT2D eigenvalue weighted by Gasteiger charge is 2.30. The molecular weight excluding hydrogens is 391 g/mol. The third-order valence-electron chi connectivity index (χ3n) is 4.71. The van der Waals surface area contributed by atoms with Crippen LogP contribution in [0.3, 0.4) is 0 Å². The van der Waals surface area contributed by atoms with E-state index in [1.54, 1.807) is 31.5 Å². The van der Waals surface area contributed by atoms with Crippen LogP contribution in [0.25, 0.3) is 10.9 Å². The molecule has 1 unspecified atom stereocenters. The van der Waals surface area contributed by atoms with E-state index in [0.29, 0.717) is 22.5 Å². The molecule has 7 heteroatoms. The first-order valence-electron chi connectivity index (χ1n) is 9.48. The molecule has 0 aliphatic carbocycles. The summed E-state index contributed by atoms with van der Waals surface area (Å²) in [6.45, 7) is 1.98. The van der Waals surface area contributed by atoms with Gasteiger partial charge in [-0.2, -0.15) is 13.2 Å². The Morgan fingerprint density at radius 1 is 1.17 bits per heavy atom. The number of phenols is 1. The summed E-state index contributed by atoms with van der Waals surface area (Å²) in [6.07, 6.45) is 1.68. The SMILES string of the molecule is CC/C=C\C(=NC)NC(c1ccc(C(F)(F)F)cc1)c1ccc2cccnc2c1O. The van der Waals surface area contributed by atoms with Crippen LogP contribution in [0.4, 0.5) is 13.2 Å². The Bertz CT molecular complexity index is 1070. The van der Waals surface area contributed by atoms with Crippen LogP contribution >= 0.6 is 0 Å². The summed E-state index contributed by atoms with van der Waals surface area (Å²) in [5, 5.41) is 14.9. The van der Waals surface area contributed by atoms with E-state index in [0.717, 1.165) is 23.9 Å². The molecule has 1 heterocycles. The van der Waals surface area contributed by atoms with E-state index in [1.165, 1.54) is 12.1 Å². The number of phenolic OH excluding ortho intramolecular Hbond substituents is 1. The zero-order valence-electron chi connectivity index (χ0n) is 16.6. The minimum Gasteiger partial charge on any atom is -0.505 e. The maximum absolute atomic E-state index is 13.0. The number of rotatable bonds is 5. The van der Waals surface area contributed by atoms with Crippen LogP contribution in [0.5, 0.6) is 5.75 Å². The van der Waals surface area contributed by atoms with Crippen LogP contribution in [-0.2, 0) is 6.18 Å². The van der Waals surface area contributed by atoms with Crippen molar-refractivity contribution in [2.24, 2.45) is 4.99 Å². The lowest BCUT2D eigenvalue weighted by Gasteiger charge is -2.23. The average molecular weight is 413 g/mol. The fourth-order valence-electron chi connectivity index (χ4n) is 3.15. The molecule has 2 aromatic carbocycles. The van der Waals surface area contributed by atoms with Crippen molar-refractivity contribution in [1.82, 2.24) is 10.3 Å². The molecular formula is C23H22F3N3O. The van der Waals surface area contributed by atoms with Crippen LogP contribution in [0, 0.1) is 0 Å². The Morgan fingerprint density at radius 2 is 1.90 bits per heavy atom. The van der Waals surface area contributed by atoms with Crippen molar-refractivity contribution in [1.29, 1.82) is 0 Å². The van der Waals surface area contributed by atoms with E-state index in [-0.39, 0.29) is 5.75 Å². The summed E-state index contributed by atoms with van der Waals surface area (Å²) in [5.74, 6) is 0.516. The predicted octanol–water partition coefficient (Wildman–Crippen LogP) is 5.63. The molecule has 4 nitrogen and oxygen atoms in total. The van der Waals surface area contributed by atoms with Crippen molar-refractivity contribution >= 4 is 16.7 Å². The highest BCUT2D eigenvalue weighted by molar-refractivity contribution is 5.94. The Balaban J connectivity index is 2.10. The standard InChI is InChI=1S/C23H22F3N3O/c1-3-4-7-19(27-2)29-20(16-8-11-17(12-9-16)23(24,25)26)18-13-10-15-6-5-14-28-21(15)22(18)30/h4-14,20,30H,3H2,1-2H3,(H,27,29)/b7-4-. The first kappa shape index (κ1) is 21.4. The summed E-state index contributed by atoms with van der Waals surface area (Å²) >= 11 is 0. The molecule has 1 atom stereocenters. The molecule has 0 amide bonds. The largest absolute Gasteiger partial charge is 0.505 e. The number of fused-ring (bicyclic) bond motifs is 1. The number of aromatic nitrogens is 1. The Kier molecular flexibility index (Phi) is 6.40. The quantitative estimate of drug-likeness (QED) is 0.421. The van der Waals surface area contributed by atoms with Gasteiger partial charge in [0.25, 0.3) is 0 Å². The van der Waals surface area contributed by atoms with E-state index < -0.39 is 17.8 Å². The van der Waals surface area contributed by atoms with Gasteiger partial charge in [-0.15, -0.1) is 0 Å². The van der Waals surface area contributed by atoms with Gasteiger partial charge in [-0.3, -0.25) is 9.98 Å². The van der Waals surface area contributed by atoms with Crippen molar-refractivity contribution in [3.63, 3.8) is 0 Å². The van der Waals surface area contributed by atoms with Crippen LogP contribution in [0.15, 0.2) is 71.9 Å². The molecule has 0 saturated carbocycles. The van der Waals surface area contributed by atoms with Crippen LogP contribution in [0.1, 0.15) is 36.1 Å². The van der Waals surface area contributed by atoms with Gasteiger partial charge in [0.2, 0.25) is 0 Å². The van der Waals surface area contributed by atoms with Crippen molar-refractivity contribution in [3.05, 3.63) is 83.6 Å². The summed E-state index contributed by atoms with van der Waals surface area (Å²) in [6, 6.07) is 11.4. The van der Waals surface area contributed by atoms with Gasteiger partial charge in [0.05, 0.1) is 11.6 Å². The summed E-state index contributed by atoms with van der Waals surface area (Å²) < 4.78 is 39.0. The van der Waals surface area contributed by atoms with E-state index in [4.69, 9.17) is 0 Å². The lowest BCUT2D eigenvalue weighted by atomic mass is 9.95. The second-order valence-corrected chi connectivity index (χ2v) is 6.70. The van der Waals surface area contributed by atoms with Gasteiger partial charge in [0.1, 0.15) is 17.1 Å². The second kappa shape index (κ2) is 8.98. The van der Waals surface area contributed by atoms with E-state index in [1.807, 2.05) is 25.1 Å². The van der Waals surface area contributed by atoms with Gasteiger partial charge in [-0.25, -0.2) is 0 Å². The molecule has 0 bridgehead atoms. The lowest BCUT2D eigenvalue weighted by Crippen LogP contribution is -2.28. The topological polar surface area (TPSA) is 57.5 Å². The number of allylic oxidation sites excluding steroid dienone is 1. The number of hydrogen-bond donors (Lipinski definition) is 2. The molecule has 0 fully saturated rings. The molecule has 0 spiro atoms. The number of hydrogen-bond acceptors (Lipinski definition) is 3. The number of alkyl halides is 3. The highest BCUT2D eigenvalue weighted by Crippen LogP contribution is 2.36. The number of pyridine rings is 1. The minimum atomic E-state index is -4.42. The van der Waals surface area contributed by atoms with Crippen LogP contribution in [-0.4, -0.2) is 23.0 Å². The molecule has 30 heavy (non-hydrogen) atoms. The number of nitrogens with one attached hydrogen (secondary N) is 1. The third-order valence-corrected chi connectivity index (χ3v) is 4.71. The van der Waals surface area contributed by atoms with Crippen LogP contribution in [0.2, 0.25) is 0 Å². The van der Waals surface area contributed by atoms with Crippen molar-refractivity contribution in [2.75, 3.05) is 7.05 Å². The van der Waals surface area contributed by atoms with Gasteiger partial charge in [-0.05, 0) is 36.3 Å². The summed E-state index contributed by atoms with van der Waals surface area (Å²) in [7, 11) is 1.62. The molecule has 2 N–H and O–H groups in total. The van der Waals surface area contributed by atoms with Gasteiger partial charge in [0.15, 0.2) is 0 Å². The van der Waals surface area contributed by atoms with Gasteiger partial charge >= 0.3 is 6.18 Å². The van der Waals surface area contributed by atoms with Gasteiger partial charge < -0.3 is 10.4 Å². The minimum absolute atomic E-state index is 0.0274. The third kappa shape index (κ3) is 4.62. The second-order valence-electron chi connectivity index (χ2n) is 6.70. The number of nitrogens with zero attached hydrogens (tertiary/aromatic N) is 2. The Hall–Kier alpha value is -3.35. The number of aromatic hydroxyl groups is 1. The number of amidine groups is 1. The van der Waals surface area contributed by atoms with Crippen molar-refractivity contribution in [2.45, 2.75) is 25.6 Å². The fraction of sp³-hybridized carbons (Fsp3) is 0.217. The Labute approximate surface area is 172 Å². The van der Waals surface area contributed by atoms with Crippen LogP contribution < -0.4 is 5.32 Å².